The van der Waals surface area contributed by atoms with Gasteiger partial charge in [-0.15, -0.1) is 0 Å². The topological polar surface area (TPSA) is 38.3 Å². The molecule has 0 aromatic rings. The molecule has 17 heavy (non-hydrogen) atoms. The minimum Gasteiger partial charge on any atom is -0.469 e. The predicted octanol–water partition coefficient (Wildman–Crippen LogP) is 3.28. The van der Waals surface area contributed by atoms with Crippen LogP contribution >= 0.6 is 0 Å². The van der Waals surface area contributed by atoms with E-state index in [0.29, 0.717) is 6.42 Å². The minimum absolute atomic E-state index is 0.100. The zero-order valence-corrected chi connectivity index (χ0v) is 12.0. The molecule has 0 bridgehead atoms. The lowest BCUT2D eigenvalue weighted by molar-refractivity contribution is -0.142. The molecule has 0 aliphatic carbocycles. The predicted molar refractivity (Wildman–Crippen MR) is 72.1 cm³/mol. The Balaban J connectivity index is 4.13. The van der Waals surface area contributed by atoms with Crippen LogP contribution in [0.3, 0.4) is 0 Å². The first-order chi connectivity index (χ1) is 8.08. The van der Waals surface area contributed by atoms with E-state index < -0.39 is 0 Å². The van der Waals surface area contributed by atoms with E-state index in [2.05, 4.69) is 26.1 Å². The van der Waals surface area contributed by atoms with Crippen molar-refractivity contribution in [2.45, 2.75) is 71.3 Å². The second-order valence-corrected chi connectivity index (χ2v) is 5.05. The molecule has 0 amide bonds. The van der Waals surface area contributed by atoms with E-state index in [1.165, 1.54) is 32.8 Å². The normalized spacial score (nSPS) is 14.4. The van der Waals surface area contributed by atoms with Gasteiger partial charge in [0.05, 0.1) is 13.5 Å². The number of methoxy groups -OCH3 is 1. The van der Waals surface area contributed by atoms with Crippen LogP contribution in [0, 0.1) is 0 Å². The van der Waals surface area contributed by atoms with E-state index in [0.717, 1.165) is 19.4 Å². The lowest BCUT2D eigenvalue weighted by atomic mass is 9.90. The van der Waals surface area contributed by atoms with E-state index in [1.54, 1.807) is 0 Å². The molecule has 0 spiro atoms. The lowest BCUT2D eigenvalue weighted by Crippen LogP contribution is -2.44. The fourth-order valence-corrected chi connectivity index (χ4v) is 2.00. The Morgan fingerprint density at radius 1 is 1.18 bits per heavy atom. The van der Waals surface area contributed by atoms with Crippen molar-refractivity contribution in [3.63, 3.8) is 0 Å². The second-order valence-electron chi connectivity index (χ2n) is 5.05. The number of hydrogen-bond donors (Lipinski definition) is 1. The smallest absolute Gasteiger partial charge is 0.307 e. The second kappa shape index (κ2) is 9.46. The Hall–Kier alpha value is -0.570. The number of rotatable bonds is 10. The van der Waals surface area contributed by atoms with Gasteiger partial charge in [-0.05, 0) is 26.3 Å². The van der Waals surface area contributed by atoms with Crippen molar-refractivity contribution >= 4 is 5.97 Å². The van der Waals surface area contributed by atoms with Crippen LogP contribution in [0.4, 0.5) is 0 Å². The maximum atomic E-state index is 11.4. The van der Waals surface area contributed by atoms with Gasteiger partial charge in [-0.2, -0.15) is 0 Å². The third-order valence-corrected chi connectivity index (χ3v) is 3.15. The van der Waals surface area contributed by atoms with Crippen molar-refractivity contribution in [1.82, 2.24) is 5.32 Å². The Labute approximate surface area is 106 Å². The summed E-state index contributed by atoms with van der Waals surface area (Å²) in [4.78, 5) is 11.4. The van der Waals surface area contributed by atoms with Gasteiger partial charge < -0.3 is 10.1 Å². The monoisotopic (exact) mass is 243 g/mol. The van der Waals surface area contributed by atoms with Gasteiger partial charge in [0, 0.05) is 5.54 Å². The van der Waals surface area contributed by atoms with Crippen LogP contribution in [0.1, 0.15) is 65.7 Å². The van der Waals surface area contributed by atoms with Gasteiger partial charge >= 0.3 is 5.97 Å². The maximum Gasteiger partial charge on any atom is 0.307 e. The van der Waals surface area contributed by atoms with Gasteiger partial charge in [-0.25, -0.2) is 0 Å². The van der Waals surface area contributed by atoms with Crippen molar-refractivity contribution in [2.75, 3.05) is 13.7 Å². The molecule has 0 heterocycles. The highest BCUT2D eigenvalue weighted by Crippen LogP contribution is 2.20. The summed E-state index contributed by atoms with van der Waals surface area (Å²) in [6.45, 7) is 7.44. The first-order valence-electron chi connectivity index (χ1n) is 6.89. The number of nitrogens with one attached hydrogen (secondary N) is 1. The van der Waals surface area contributed by atoms with E-state index in [-0.39, 0.29) is 11.5 Å². The lowest BCUT2D eigenvalue weighted by Gasteiger charge is -2.30. The quantitative estimate of drug-likeness (QED) is 0.473. The largest absolute Gasteiger partial charge is 0.469 e. The molecule has 0 fully saturated rings. The summed E-state index contributed by atoms with van der Waals surface area (Å²) in [5.41, 5.74) is -0.100. The average molecular weight is 243 g/mol. The molecular weight excluding hydrogens is 214 g/mol. The summed E-state index contributed by atoms with van der Waals surface area (Å²) in [6.07, 6.45) is 7.56. The van der Waals surface area contributed by atoms with Crippen LogP contribution in [0.15, 0.2) is 0 Å². The molecule has 102 valence electrons. The highest BCUT2D eigenvalue weighted by Gasteiger charge is 2.26. The summed E-state index contributed by atoms with van der Waals surface area (Å²) in [6, 6.07) is 0. The third kappa shape index (κ3) is 8.19. The summed E-state index contributed by atoms with van der Waals surface area (Å²) in [5.74, 6) is -0.119. The van der Waals surface area contributed by atoms with Crippen molar-refractivity contribution < 1.29 is 9.53 Å². The Kier molecular flexibility index (Phi) is 9.14. The molecule has 0 rings (SSSR count). The fourth-order valence-electron chi connectivity index (χ4n) is 2.00. The fraction of sp³-hybridized carbons (Fsp3) is 0.929. The van der Waals surface area contributed by atoms with Crippen LogP contribution in [-0.4, -0.2) is 25.2 Å². The molecule has 0 aliphatic heterocycles. The van der Waals surface area contributed by atoms with E-state index in [9.17, 15) is 4.79 Å². The average Bonchev–Trinajstić information content (AvgIpc) is 2.32. The maximum absolute atomic E-state index is 11.4. The van der Waals surface area contributed by atoms with Crippen molar-refractivity contribution in [1.29, 1.82) is 0 Å². The third-order valence-electron chi connectivity index (χ3n) is 3.15. The number of esters is 1. The van der Waals surface area contributed by atoms with Crippen molar-refractivity contribution in [2.24, 2.45) is 0 Å². The molecule has 0 aliphatic rings. The summed E-state index contributed by atoms with van der Waals surface area (Å²) in [5, 5.41) is 3.49. The molecule has 3 nitrogen and oxygen atoms in total. The Morgan fingerprint density at radius 3 is 2.41 bits per heavy atom. The molecule has 1 N–H and O–H groups in total. The van der Waals surface area contributed by atoms with Gasteiger partial charge in [0.1, 0.15) is 0 Å². The zero-order valence-electron chi connectivity index (χ0n) is 12.0. The molecule has 0 saturated heterocycles. The van der Waals surface area contributed by atoms with Crippen LogP contribution in [0.5, 0.6) is 0 Å². The number of ether oxygens (including phenoxy) is 1. The van der Waals surface area contributed by atoms with Crippen LogP contribution in [0.25, 0.3) is 0 Å². The Bertz CT molecular complexity index is 206. The number of hydrogen-bond acceptors (Lipinski definition) is 3. The molecule has 1 atom stereocenters. The zero-order chi connectivity index (χ0) is 13.1. The van der Waals surface area contributed by atoms with Gasteiger partial charge in [-0.3, -0.25) is 4.79 Å². The van der Waals surface area contributed by atoms with Crippen LogP contribution < -0.4 is 5.32 Å². The first kappa shape index (κ1) is 16.4. The molecular formula is C14H29NO2. The van der Waals surface area contributed by atoms with E-state index in [4.69, 9.17) is 4.74 Å². The standard InChI is InChI=1S/C14H29NO2/c1-5-7-8-9-10-14(3,15-11-6-2)12-13(16)17-4/h15H,5-12H2,1-4H3. The van der Waals surface area contributed by atoms with Gasteiger partial charge in [-0.1, -0.05) is 39.5 Å². The number of carbonyl (C=O) groups excluding carboxylic acids is 1. The van der Waals surface area contributed by atoms with Crippen molar-refractivity contribution in [3.8, 4) is 0 Å². The molecule has 3 heteroatoms. The Morgan fingerprint density at radius 2 is 1.88 bits per heavy atom. The minimum atomic E-state index is -0.119. The summed E-state index contributed by atoms with van der Waals surface area (Å²) >= 11 is 0. The summed E-state index contributed by atoms with van der Waals surface area (Å²) in [7, 11) is 1.46. The van der Waals surface area contributed by atoms with Crippen LogP contribution in [-0.2, 0) is 9.53 Å². The molecule has 0 saturated carbocycles. The molecule has 0 aromatic carbocycles. The SMILES string of the molecule is CCCCCCC(C)(CC(=O)OC)NCCC. The summed E-state index contributed by atoms with van der Waals surface area (Å²) < 4.78 is 4.77. The van der Waals surface area contributed by atoms with Gasteiger partial charge in [0.2, 0.25) is 0 Å². The first-order valence-corrected chi connectivity index (χ1v) is 6.89. The van der Waals surface area contributed by atoms with Crippen LogP contribution in [0.2, 0.25) is 0 Å². The van der Waals surface area contributed by atoms with Crippen molar-refractivity contribution in [3.05, 3.63) is 0 Å². The highest BCUT2D eigenvalue weighted by atomic mass is 16.5. The van der Waals surface area contributed by atoms with E-state index in [1.807, 2.05) is 0 Å². The van der Waals surface area contributed by atoms with E-state index >= 15 is 0 Å². The number of carbonyl (C=O) groups is 1. The van der Waals surface area contributed by atoms with Gasteiger partial charge in [0.25, 0.3) is 0 Å². The molecule has 1 unspecified atom stereocenters. The number of unbranched alkanes of at least 4 members (excludes halogenated alkanes) is 3. The molecule has 0 radical (unpaired) electrons. The highest BCUT2D eigenvalue weighted by molar-refractivity contribution is 5.70. The van der Waals surface area contributed by atoms with Gasteiger partial charge in [0.15, 0.2) is 0 Å². The molecule has 0 aromatic heterocycles.